The Morgan fingerprint density at radius 1 is 0.833 bits per heavy atom. The van der Waals surface area contributed by atoms with Crippen molar-refractivity contribution in [1.29, 1.82) is 0 Å². The van der Waals surface area contributed by atoms with Crippen molar-refractivity contribution in [2.24, 2.45) is 5.41 Å². The molecule has 0 aliphatic rings. The molecule has 0 unspecified atom stereocenters. The van der Waals surface area contributed by atoms with E-state index in [0.717, 1.165) is 0 Å². The van der Waals surface area contributed by atoms with E-state index in [4.69, 9.17) is 5.11 Å². The summed E-state index contributed by atoms with van der Waals surface area (Å²) in [5.74, 6) is 0. The molecule has 0 atom stereocenters. The molecule has 1 nitrogen and oxygen atoms in total. The van der Waals surface area contributed by atoms with Crippen molar-refractivity contribution in [2.75, 3.05) is 6.61 Å². The normalized spacial score (nSPS) is 10.0. The molecule has 0 radical (unpaired) electrons. The van der Waals surface area contributed by atoms with Gasteiger partial charge in [-0.15, -0.1) is 0 Å². The predicted molar refractivity (Wildman–Crippen MR) is 53.0 cm³/mol. The molecule has 1 heteroatoms. The maximum Gasteiger partial charge on any atom is 0.0479 e. The molecule has 1 N–H and O–H groups in total. The van der Waals surface area contributed by atoms with E-state index in [1.165, 1.54) is 0 Å². The van der Waals surface area contributed by atoms with Crippen LogP contribution in [0.2, 0.25) is 0 Å². The largest absolute Gasteiger partial charge is 0.396 e. The third-order valence-electron chi connectivity index (χ3n) is 1.14. The molecule has 0 spiro atoms. The van der Waals surface area contributed by atoms with Gasteiger partial charge in [0.15, 0.2) is 0 Å². The lowest BCUT2D eigenvalue weighted by molar-refractivity contribution is 0.177. The first-order valence-corrected chi connectivity index (χ1v) is 4.17. The molecule has 0 aromatic heterocycles. The average Bonchev–Trinajstić information content (AvgIpc) is 2.07. The Morgan fingerprint density at radius 3 is 1.08 bits per heavy atom. The van der Waals surface area contributed by atoms with Crippen LogP contribution in [-0.4, -0.2) is 11.7 Å². The van der Waals surface area contributed by atoms with Gasteiger partial charge in [-0.2, -0.15) is 0 Å². The van der Waals surface area contributed by atoms with Gasteiger partial charge in [0.1, 0.15) is 0 Å². The van der Waals surface area contributed by atoms with E-state index in [2.05, 4.69) is 0 Å². The van der Waals surface area contributed by atoms with Crippen molar-refractivity contribution in [3.63, 3.8) is 0 Å². The molecular weight excluding hydrogens is 148 g/mol. The second kappa shape index (κ2) is 5.78. The summed E-state index contributed by atoms with van der Waals surface area (Å²) in [7, 11) is 0. The lowest BCUT2D eigenvalue weighted by Gasteiger charge is -2.11. The minimum absolute atomic E-state index is 0.0972. The van der Waals surface area contributed by atoms with Gasteiger partial charge in [-0.25, -0.2) is 0 Å². The smallest absolute Gasteiger partial charge is 0.0479 e. The minimum Gasteiger partial charge on any atom is -0.396 e. The number of rotatable bonds is 0. The summed E-state index contributed by atoms with van der Waals surface area (Å²) in [6.07, 6.45) is 0. The molecular formula is C11H18O. The second-order valence-corrected chi connectivity index (χ2v) is 3.87. The molecule has 0 amide bonds. The Labute approximate surface area is 75.1 Å². The second-order valence-electron chi connectivity index (χ2n) is 3.87. The summed E-state index contributed by atoms with van der Waals surface area (Å²) in [6, 6.07) is 12.0. The van der Waals surface area contributed by atoms with E-state index in [9.17, 15) is 0 Å². The third kappa shape index (κ3) is 9.18. The molecule has 0 aliphatic carbocycles. The van der Waals surface area contributed by atoms with Crippen molar-refractivity contribution in [3.05, 3.63) is 36.4 Å². The number of aliphatic hydroxyl groups is 1. The number of benzene rings is 1. The van der Waals surface area contributed by atoms with Crippen molar-refractivity contribution in [1.82, 2.24) is 0 Å². The highest BCUT2D eigenvalue weighted by Crippen LogP contribution is 2.09. The van der Waals surface area contributed by atoms with Crippen LogP contribution in [-0.2, 0) is 0 Å². The van der Waals surface area contributed by atoms with Crippen molar-refractivity contribution >= 4 is 0 Å². The third-order valence-corrected chi connectivity index (χ3v) is 1.14. The first-order valence-electron chi connectivity index (χ1n) is 4.17. The van der Waals surface area contributed by atoms with Crippen LogP contribution >= 0.6 is 0 Å². The van der Waals surface area contributed by atoms with Crippen LogP contribution in [0, 0.1) is 5.41 Å². The summed E-state index contributed by atoms with van der Waals surface area (Å²) >= 11 is 0. The van der Waals surface area contributed by atoms with Gasteiger partial charge in [0.2, 0.25) is 0 Å². The van der Waals surface area contributed by atoms with Crippen LogP contribution in [0.1, 0.15) is 20.8 Å². The van der Waals surface area contributed by atoms with E-state index in [-0.39, 0.29) is 12.0 Å². The molecule has 0 aliphatic heterocycles. The van der Waals surface area contributed by atoms with Crippen LogP contribution in [0.3, 0.4) is 0 Å². The van der Waals surface area contributed by atoms with Gasteiger partial charge in [0.05, 0.1) is 0 Å². The van der Waals surface area contributed by atoms with Crippen LogP contribution in [0.15, 0.2) is 36.4 Å². The molecule has 12 heavy (non-hydrogen) atoms. The zero-order chi connectivity index (χ0) is 9.45. The SMILES string of the molecule is CC(C)(C)CO.c1ccccc1. The zero-order valence-electron chi connectivity index (χ0n) is 8.12. The molecule has 0 heterocycles. The Bertz CT molecular complexity index is 147. The van der Waals surface area contributed by atoms with Crippen molar-refractivity contribution in [3.8, 4) is 0 Å². The Hall–Kier alpha value is -0.820. The molecule has 1 aromatic carbocycles. The first-order chi connectivity index (χ1) is 5.56. The summed E-state index contributed by atoms with van der Waals surface area (Å²) in [5, 5.41) is 8.40. The number of hydrogen-bond donors (Lipinski definition) is 1. The van der Waals surface area contributed by atoms with E-state index >= 15 is 0 Å². The lowest BCUT2D eigenvalue weighted by Crippen LogP contribution is -2.09. The highest BCUT2D eigenvalue weighted by atomic mass is 16.3. The van der Waals surface area contributed by atoms with Crippen LogP contribution in [0.5, 0.6) is 0 Å². The van der Waals surface area contributed by atoms with Crippen molar-refractivity contribution < 1.29 is 5.11 Å². The maximum absolute atomic E-state index is 8.40. The zero-order valence-corrected chi connectivity index (χ0v) is 8.12. The van der Waals surface area contributed by atoms with Crippen molar-refractivity contribution in [2.45, 2.75) is 20.8 Å². The standard InChI is InChI=1S/C6H6.C5H12O/c1-2-4-6-5-3-1;1-5(2,3)4-6/h1-6H;6H,4H2,1-3H3. The Balaban J connectivity index is 0.000000202. The van der Waals surface area contributed by atoms with Gasteiger partial charge < -0.3 is 5.11 Å². The molecule has 1 aromatic rings. The van der Waals surface area contributed by atoms with Crippen LogP contribution in [0.25, 0.3) is 0 Å². The molecule has 0 bridgehead atoms. The van der Waals surface area contributed by atoms with Gasteiger partial charge in [0, 0.05) is 6.61 Å². The summed E-state index contributed by atoms with van der Waals surface area (Å²) in [4.78, 5) is 0. The van der Waals surface area contributed by atoms with Gasteiger partial charge in [-0.1, -0.05) is 57.2 Å². The van der Waals surface area contributed by atoms with Gasteiger partial charge >= 0.3 is 0 Å². The summed E-state index contributed by atoms with van der Waals surface area (Å²) in [6.45, 7) is 6.25. The highest BCUT2D eigenvalue weighted by molar-refractivity contribution is 4.99. The van der Waals surface area contributed by atoms with Gasteiger partial charge in [-0.3, -0.25) is 0 Å². The maximum atomic E-state index is 8.40. The monoisotopic (exact) mass is 166 g/mol. The van der Waals surface area contributed by atoms with Crippen LogP contribution < -0.4 is 0 Å². The average molecular weight is 166 g/mol. The fraction of sp³-hybridized carbons (Fsp3) is 0.455. The van der Waals surface area contributed by atoms with E-state index < -0.39 is 0 Å². The first kappa shape index (κ1) is 11.2. The Morgan fingerprint density at radius 2 is 1.00 bits per heavy atom. The topological polar surface area (TPSA) is 20.2 Å². The predicted octanol–water partition coefficient (Wildman–Crippen LogP) is 2.71. The van der Waals surface area contributed by atoms with Gasteiger partial charge in [-0.05, 0) is 5.41 Å². The lowest BCUT2D eigenvalue weighted by atomic mass is 9.99. The number of aliphatic hydroxyl groups excluding tert-OH is 1. The molecule has 68 valence electrons. The highest BCUT2D eigenvalue weighted by Gasteiger charge is 2.05. The summed E-state index contributed by atoms with van der Waals surface area (Å²) < 4.78 is 0. The minimum atomic E-state index is 0.0972. The molecule has 0 fully saturated rings. The Kier molecular flexibility index (Phi) is 5.39. The fourth-order valence-electron chi connectivity index (χ4n) is 0.385. The fourth-order valence-corrected chi connectivity index (χ4v) is 0.385. The van der Waals surface area contributed by atoms with Gasteiger partial charge in [0.25, 0.3) is 0 Å². The van der Waals surface area contributed by atoms with E-state index in [1.807, 2.05) is 57.2 Å². The molecule has 0 saturated carbocycles. The quantitative estimate of drug-likeness (QED) is 0.628. The molecule has 1 rings (SSSR count). The summed E-state index contributed by atoms with van der Waals surface area (Å²) in [5.41, 5.74) is 0.0972. The van der Waals surface area contributed by atoms with E-state index in [0.29, 0.717) is 0 Å². The molecule has 0 saturated heterocycles. The number of hydrogen-bond acceptors (Lipinski definition) is 1. The van der Waals surface area contributed by atoms with Crippen LogP contribution in [0.4, 0.5) is 0 Å². The van der Waals surface area contributed by atoms with E-state index in [1.54, 1.807) is 0 Å².